The SMILES string of the molecule is CN=C(NCCN1C(=O)CNC1=O)NCC(C)Oc1cccc(OC)c1. The molecule has 3 N–H and O–H groups in total. The normalized spacial score (nSPS) is 15.5. The van der Waals surface area contributed by atoms with Crippen LogP contribution in [-0.2, 0) is 4.79 Å². The third-order valence-electron chi connectivity index (χ3n) is 3.72. The van der Waals surface area contributed by atoms with E-state index in [1.807, 2.05) is 31.2 Å². The van der Waals surface area contributed by atoms with Crippen molar-refractivity contribution in [2.45, 2.75) is 13.0 Å². The number of carbonyl (C=O) groups excluding carboxylic acids is 2. The Kier molecular flexibility index (Phi) is 7.07. The maximum Gasteiger partial charge on any atom is 0.324 e. The second kappa shape index (κ2) is 9.50. The summed E-state index contributed by atoms with van der Waals surface area (Å²) in [5.41, 5.74) is 0. The molecular formula is C17H25N5O4. The first-order valence-electron chi connectivity index (χ1n) is 8.37. The lowest BCUT2D eigenvalue weighted by molar-refractivity contribution is -0.124. The molecule has 1 aromatic carbocycles. The minimum atomic E-state index is -0.361. The lowest BCUT2D eigenvalue weighted by atomic mass is 10.3. The van der Waals surface area contributed by atoms with Crippen LogP contribution in [0.2, 0.25) is 0 Å². The van der Waals surface area contributed by atoms with Crippen molar-refractivity contribution in [1.29, 1.82) is 0 Å². The quantitative estimate of drug-likeness (QED) is 0.346. The molecule has 1 aromatic rings. The minimum absolute atomic E-state index is 0.0604. The molecule has 3 amide bonds. The van der Waals surface area contributed by atoms with Gasteiger partial charge in [0.15, 0.2) is 5.96 Å². The Morgan fingerprint density at radius 1 is 1.35 bits per heavy atom. The van der Waals surface area contributed by atoms with Gasteiger partial charge in [-0.1, -0.05) is 6.07 Å². The van der Waals surface area contributed by atoms with Gasteiger partial charge in [0.2, 0.25) is 5.91 Å². The number of hydrogen-bond acceptors (Lipinski definition) is 5. The van der Waals surface area contributed by atoms with Gasteiger partial charge < -0.3 is 25.4 Å². The van der Waals surface area contributed by atoms with Crippen LogP contribution in [0.5, 0.6) is 11.5 Å². The van der Waals surface area contributed by atoms with Gasteiger partial charge in [-0.15, -0.1) is 0 Å². The highest BCUT2D eigenvalue weighted by atomic mass is 16.5. The number of rotatable bonds is 8. The average Bonchev–Trinajstić information content (AvgIpc) is 2.96. The molecule has 2 rings (SSSR count). The molecule has 0 bridgehead atoms. The fourth-order valence-electron chi connectivity index (χ4n) is 2.38. The zero-order valence-electron chi connectivity index (χ0n) is 15.2. The fraction of sp³-hybridized carbons (Fsp3) is 0.471. The summed E-state index contributed by atoms with van der Waals surface area (Å²) in [6.07, 6.45) is -0.105. The van der Waals surface area contributed by atoms with Crippen LogP contribution in [0.1, 0.15) is 6.92 Å². The molecule has 0 spiro atoms. The van der Waals surface area contributed by atoms with E-state index in [0.717, 1.165) is 11.5 Å². The lowest BCUT2D eigenvalue weighted by Crippen LogP contribution is -2.45. The average molecular weight is 363 g/mol. The maximum atomic E-state index is 11.5. The van der Waals surface area contributed by atoms with Crippen molar-refractivity contribution in [3.8, 4) is 11.5 Å². The molecule has 0 aliphatic carbocycles. The van der Waals surface area contributed by atoms with E-state index in [4.69, 9.17) is 9.47 Å². The zero-order chi connectivity index (χ0) is 18.9. The van der Waals surface area contributed by atoms with Gasteiger partial charge in [0.25, 0.3) is 0 Å². The fourth-order valence-corrected chi connectivity index (χ4v) is 2.38. The summed E-state index contributed by atoms with van der Waals surface area (Å²) in [6, 6.07) is 7.05. The number of hydrogen-bond donors (Lipinski definition) is 3. The lowest BCUT2D eigenvalue weighted by Gasteiger charge is -2.19. The van der Waals surface area contributed by atoms with Gasteiger partial charge in [-0.05, 0) is 19.1 Å². The first-order chi connectivity index (χ1) is 12.5. The molecular weight excluding hydrogens is 338 g/mol. The second-order valence-corrected chi connectivity index (χ2v) is 5.69. The van der Waals surface area contributed by atoms with Gasteiger partial charge in [0, 0.05) is 26.2 Å². The summed E-state index contributed by atoms with van der Waals surface area (Å²) < 4.78 is 11.0. The van der Waals surface area contributed by atoms with Crippen molar-refractivity contribution in [2.75, 3.05) is 40.3 Å². The number of aliphatic imine (C=N–C) groups is 1. The standard InChI is InChI=1S/C17H25N5O4/c1-12(26-14-6-4-5-13(9-14)25-3)10-20-16(18-2)19-7-8-22-15(23)11-21-17(22)24/h4-6,9,12H,7-8,10-11H2,1-3H3,(H,21,24)(H2,18,19,20). The molecule has 142 valence electrons. The van der Waals surface area contributed by atoms with E-state index in [1.54, 1.807) is 14.2 Å². The highest BCUT2D eigenvalue weighted by Crippen LogP contribution is 2.19. The van der Waals surface area contributed by atoms with Crippen molar-refractivity contribution >= 4 is 17.9 Å². The maximum absolute atomic E-state index is 11.5. The first kappa shape index (κ1) is 19.4. The highest BCUT2D eigenvalue weighted by molar-refractivity contribution is 6.01. The summed E-state index contributed by atoms with van der Waals surface area (Å²) in [4.78, 5) is 28.3. The Morgan fingerprint density at radius 2 is 2.12 bits per heavy atom. The summed E-state index contributed by atoms with van der Waals surface area (Å²) in [5, 5.41) is 8.69. The van der Waals surface area contributed by atoms with E-state index < -0.39 is 0 Å². The van der Waals surface area contributed by atoms with Crippen molar-refractivity contribution in [3.63, 3.8) is 0 Å². The van der Waals surface area contributed by atoms with Crippen LogP contribution in [0.15, 0.2) is 29.3 Å². The smallest absolute Gasteiger partial charge is 0.324 e. The van der Waals surface area contributed by atoms with Gasteiger partial charge in [0.05, 0.1) is 20.2 Å². The summed E-state index contributed by atoms with van der Waals surface area (Å²) in [5.74, 6) is 1.80. The monoisotopic (exact) mass is 363 g/mol. The largest absolute Gasteiger partial charge is 0.497 e. The minimum Gasteiger partial charge on any atom is -0.497 e. The third-order valence-corrected chi connectivity index (χ3v) is 3.72. The molecule has 9 heteroatoms. The van der Waals surface area contributed by atoms with E-state index in [1.165, 1.54) is 4.90 Å². The molecule has 0 radical (unpaired) electrons. The van der Waals surface area contributed by atoms with E-state index in [9.17, 15) is 9.59 Å². The Labute approximate surface area is 152 Å². The van der Waals surface area contributed by atoms with Crippen LogP contribution in [0, 0.1) is 0 Å². The molecule has 1 fully saturated rings. The summed E-state index contributed by atoms with van der Waals surface area (Å²) >= 11 is 0. The predicted molar refractivity (Wildman–Crippen MR) is 97.6 cm³/mol. The van der Waals surface area contributed by atoms with Crippen LogP contribution in [0.25, 0.3) is 0 Å². The van der Waals surface area contributed by atoms with Crippen molar-refractivity contribution < 1.29 is 19.1 Å². The van der Waals surface area contributed by atoms with Crippen molar-refractivity contribution in [3.05, 3.63) is 24.3 Å². The van der Waals surface area contributed by atoms with Crippen molar-refractivity contribution in [1.82, 2.24) is 20.9 Å². The van der Waals surface area contributed by atoms with Gasteiger partial charge in [0.1, 0.15) is 17.6 Å². The molecule has 1 aliphatic rings. The topological polar surface area (TPSA) is 104 Å². The third kappa shape index (κ3) is 5.54. The number of nitrogens with zero attached hydrogens (tertiary/aromatic N) is 2. The van der Waals surface area contributed by atoms with E-state index in [0.29, 0.717) is 19.0 Å². The first-order valence-corrected chi connectivity index (χ1v) is 8.37. The Morgan fingerprint density at radius 3 is 2.77 bits per heavy atom. The molecule has 9 nitrogen and oxygen atoms in total. The molecule has 0 saturated carbocycles. The van der Waals surface area contributed by atoms with Crippen molar-refractivity contribution in [2.24, 2.45) is 4.99 Å². The van der Waals surface area contributed by atoms with Gasteiger partial charge in [-0.25, -0.2) is 4.79 Å². The number of ether oxygens (including phenoxy) is 2. The van der Waals surface area contributed by atoms with E-state index in [2.05, 4.69) is 20.9 Å². The molecule has 1 atom stereocenters. The van der Waals surface area contributed by atoms with Gasteiger partial charge in [-0.3, -0.25) is 14.7 Å². The van der Waals surface area contributed by atoms with Crippen LogP contribution >= 0.6 is 0 Å². The molecule has 1 unspecified atom stereocenters. The van der Waals surface area contributed by atoms with E-state index in [-0.39, 0.29) is 31.1 Å². The number of methoxy groups -OCH3 is 1. The Balaban J connectivity index is 1.72. The number of imide groups is 1. The molecule has 1 saturated heterocycles. The Bertz CT molecular complexity index is 648. The number of carbonyl (C=O) groups is 2. The second-order valence-electron chi connectivity index (χ2n) is 5.69. The molecule has 1 heterocycles. The number of nitrogens with one attached hydrogen (secondary N) is 3. The van der Waals surface area contributed by atoms with E-state index >= 15 is 0 Å². The summed E-state index contributed by atoms with van der Waals surface area (Å²) in [6.45, 7) is 3.21. The van der Waals surface area contributed by atoms with Crippen LogP contribution in [0.3, 0.4) is 0 Å². The van der Waals surface area contributed by atoms with Gasteiger partial charge >= 0.3 is 6.03 Å². The summed E-state index contributed by atoms with van der Waals surface area (Å²) in [7, 11) is 3.26. The Hall–Kier alpha value is -2.97. The van der Waals surface area contributed by atoms with Crippen LogP contribution in [0.4, 0.5) is 4.79 Å². The number of amides is 3. The number of guanidine groups is 1. The zero-order valence-corrected chi connectivity index (χ0v) is 15.2. The molecule has 26 heavy (non-hydrogen) atoms. The van der Waals surface area contributed by atoms with Crippen LogP contribution in [-0.4, -0.2) is 69.2 Å². The molecule has 1 aliphatic heterocycles. The highest BCUT2D eigenvalue weighted by Gasteiger charge is 2.27. The molecule has 0 aromatic heterocycles. The number of urea groups is 1. The van der Waals surface area contributed by atoms with Crippen LogP contribution < -0.4 is 25.4 Å². The predicted octanol–water partition coefficient (Wildman–Crippen LogP) is 0.179. The van der Waals surface area contributed by atoms with Gasteiger partial charge in [-0.2, -0.15) is 0 Å². The number of benzene rings is 1.